The molecule has 8 bridgehead atoms. The van der Waals surface area contributed by atoms with Crippen molar-refractivity contribution in [2.24, 2.45) is 16.7 Å². The molecule has 20 nitrogen and oxygen atoms in total. The molecule has 20 heteroatoms. The van der Waals surface area contributed by atoms with Gasteiger partial charge in [-0.15, -0.1) is 0 Å². The van der Waals surface area contributed by atoms with Gasteiger partial charge in [0.25, 0.3) is 0 Å². The smallest absolute Gasteiger partial charge is 0.307 e. The highest BCUT2D eigenvalue weighted by Crippen LogP contribution is 2.52. The number of hydrogen-bond acceptors (Lipinski definition) is 10. The Labute approximate surface area is 352 Å². The van der Waals surface area contributed by atoms with E-state index in [0.29, 0.717) is 5.57 Å². The number of H-pyrrole nitrogens is 2. The minimum Gasteiger partial charge on any atom is -0.481 e. The van der Waals surface area contributed by atoms with E-state index in [9.17, 15) is 79.2 Å². The lowest BCUT2D eigenvalue weighted by molar-refractivity contribution is -0.140. The molecule has 0 saturated carbocycles. The average molecular weight is 865 g/mol. The van der Waals surface area contributed by atoms with Crippen molar-refractivity contribution in [1.82, 2.24) is 20.6 Å². The highest BCUT2D eigenvalue weighted by molar-refractivity contribution is 5.78. The van der Waals surface area contributed by atoms with Crippen molar-refractivity contribution in [3.63, 3.8) is 0 Å². The van der Waals surface area contributed by atoms with Crippen molar-refractivity contribution in [2.75, 3.05) is 0 Å². The number of hydrogen-bond donors (Lipinski definition) is 12. The van der Waals surface area contributed by atoms with E-state index >= 15 is 0 Å². The molecule has 0 radical (unpaired) electrons. The van der Waals surface area contributed by atoms with Gasteiger partial charge in [-0.05, 0) is 77.8 Å². The van der Waals surface area contributed by atoms with Gasteiger partial charge in [0.1, 0.15) is 0 Å². The molecule has 0 aliphatic carbocycles. The van der Waals surface area contributed by atoms with Crippen molar-refractivity contribution < 1.29 is 79.2 Å². The lowest BCUT2D eigenvalue weighted by atomic mass is 9.70. The lowest BCUT2D eigenvalue weighted by Gasteiger charge is -2.33. The zero-order valence-corrected chi connectivity index (χ0v) is 33.8. The fourth-order valence-corrected chi connectivity index (χ4v) is 9.08. The number of carboxylic acids is 8. The summed E-state index contributed by atoms with van der Waals surface area (Å²) >= 11 is 0. The van der Waals surface area contributed by atoms with Crippen LogP contribution in [0, 0.1) is 16.7 Å². The highest BCUT2D eigenvalue weighted by atomic mass is 16.4. The van der Waals surface area contributed by atoms with Crippen molar-refractivity contribution in [2.45, 2.75) is 96.9 Å². The second-order valence-corrected chi connectivity index (χ2v) is 16.2. The Bertz CT molecular complexity index is 2470. The summed E-state index contributed by atoms with van der Waals surface area (Å²) in [6.45, 7) is 3.19. The number of rotatable bonds is 20. The van der Waals surface area contributed by atoms with Crippen molar-refractivity contribution in [3.05, 3.63) is 73.1 Å². The van der Waals surface area contributed by atoms with Gasteiger partial charge in [0.15, 0.2) is 0 Å². The van der Waals surface area contributed by atoms with E-state index in [4.69, 9.17) is 0 Å². The summed E-state index contributed by atoms with van der Waals surface area (Å²) in [5.74, 6) is -10.8. The summed E-state index contributed by atoms with van der Waals surface area (Å²) in [5, 5.41) is 86.6. The topological polar surface area (TPSA) is 354 Å². The maximum absolute atomic E-state index is 12.6. The van der Waals surface area contributed by atoms with Gasteiger partial charge in [0.05, 0.1) is 31.7 Å². The van der Waals surface area contributed by atoms with E-state index < -0.39 is 122 Å². The molecule has 0 amide bonds. The first-order valence-electron chi connectivity index (χ1n) is 19.6. The molecule has 5 rings (SSSR count). The van der Waals surface area contributed by atoms with Crippen LogP contribution in [0.4, 0.5) is 0 Å². The molecule has 5 heterocycles. The second kappa shape index (κ2) is 18.2. The Kier molecular flexibility index (Phi) is 13.5. The second-order valence-electron chi connectivity index (χ2n) is 16.2. The lowest BCUT2D eigenvalue weighted by Crippen LogP contribution is -2.38. The van der Waals surface area contributed by atoms with Gasteiger partial charge >= 0.3 is 47.8 Å². The molecule has 1 unspecified atom stereocenters. The number of carboxylic acid groups (broad SMARTS) is 8. The number of nitrogens with one attached hydrogen (secondary N) is 4. The van der Waals surface area contributed by atoms with Crippen LogP contribution in [0.5, 0.6) is 0 Å². The molecule has 332 valence electrons. The van der Waals surface area contributed by atoms with E-state index in [2.05, 4.69) is 20.6 Å². The fourth-order valence-electron chi connectivity index (χ4n) is 9.08. The molecule has 3 aliphatic heterocycles. The largest absolute Gasteiger partial charge is 0.481 e. The molecule has 12 N–H and O–H groups in total. The molecular weight excluding hydrogens is 816 g/mol. The summed E-state index contributed by atoms with van der Waals surface area (Å²) in [7, 11) is 0. The summed E-state index contributed by atoms with van der Waals surface area (Å²) in [6, 6.07) is -0.998. The SMILES string of the molecule is C[C@]1(CC(=O)O)C(CCC(=O)O)=C2/C=c3\[nH]/c(c(CCC(=O)O)c3CC(=O)O)=C\c3[nH]c(c(CC(=O)O)c3CCC(=O)O)/C=C3\NC(=CC1N2)[C@@H](CCC(=O)O)[C@]3(C)CC(=O)O. The van der Waals surface area contributed by atoms with E-state index in [1.807, 2.05) is 0 Å². The molecule has 0 aromatic carbocycles. The maximum Gasteiger partial charge on any atom is 0.307 e. The van der Waals surface area contributed by atoms with E-state index in [1.54, 1.807) is 19.9 Å². The Morgan fingerprint density at radius 1 is 0.548 bits per heavy atom. The quantitative estimate of drug-likeness (QED) is 0.0899. The van der Waals surface area contributed by atoms with Crippen LogP contribution >= 0.6 is 0 Å². The van der Waals surface area contributed by atoms with Crippen LogP contribution in [0.2, 0.25) is 0 Å². The Balaban J connectivity index is 2.02. The van der Waals surface area contributed by atoms with Crippen LogP contribution in [0.25, 0.3) is 18.2 Å². The predicted octanol–water partition coefficient (Wildman–Crippen LogP) is 1.62. The first kappa shape index (κ1) is 46.0. The van der Waals surface area contributed by atoms with Crippen LogP contribution in [0.3, 0.4) is 0 Å². The predicted molar refractivity (Wildman–Crippen MR) is 215 cm³/mol. The third-order valence-corrected chi connectivity index (χ3v) is 11.9. The van der Waals surface area contributed by atoms with Gasteiger partial charge in [-0.3, -0.25) is 38.4 Å². The van der Waals surface area contributed by atoms with Crippen LogP contribution < -0.4 is 21.3 Å². The standard InChI is InChI=1S/C42H48N4O16/c1-41(17-39(59)60)23(5-9-35(51)52)29-14-27-21(11-37(55)56)19(3-7-33(47)48)25(43-27)13-26-20(4-8-34(49)50)22(12-38(57)58)28(44-26)15-31-42(2,18-40(61)62)24(6-10-36(53)54)30(46-31)16-32(41)45-29/h13-16,24,32,43-46H,3-12,17-18H2,1-2H3,(H,47,48)(H,49,50)(H,51,52)(H,53,54)(H,55,56)(H,57,58)(H,59,60)(H,61,62)/b25-13-,27-14-,30-16?,31-15-/t24-,32?,41+,42+/m1/s1. The first-order chi connectivity index (χ1) is 29.0. The zero-order valence-electron chi connectivity index (χ0n) is 33.8. The fraction of sp³-hybridized carbons (Fsp3) is 0.429. The number of aromatic nitrogens is 2. The van der Waals surface area contributed by atoms with Gasteiger partial charge in [-0.25, -0.2) is 0 Å². The minimum atomic E-state index is -1.42. The van der Waals surface area contributed by atoms with Gasteiger partial charge in [0.2, 0.25) is 0 Å². The molecule has 2 aromatic heterocycles. The molecule has 62 heavy (non-hydrogen) atoms. The third kappa shape index (κ3) is 10.1. The molecule has 1 fully saturated rings. The number of carbonyl (C=O) groups is 8. The van der Waals surface area contributed by atoms with Gasteiger partial charge < -0.3 is 61.5 Å². The Morgan fingerprint density at radius 3 is 1.63 bits per heavy atom. The van der Waals surface area contributed by atoms with E-state index in [1.165, 1.54) is 18.2 Å². The van der Waals surface area contributed by atoms with Gasteiger partial charge in [-0.2, -0.15) is 0 Å². The maximum atomic E-state index is 12.6. The van der Waals surface area contributed by atoms with Crippen molar-refractivity contribution in [1.29, 1.82) is 0 Å². The normalized spacial score (nSPS) is 23.3. The number of aromatic amines is 2. The van der Waals surface area contributed by atoms with E-state index in [0.717, 1.165) is 0 Å². The number of fused-ring (bicyclic) bond motifs is 8. The molecule has 0 spiro atoms. The molecule has 3 aliphatic rings. The van der Waals surface area contributed by atoms with Crippen LogP contribution in [0.1, 0.15) is 98.9 Å². The van der Waals surface area contributed by atoms with Crippen LogP contribution in [-0.4, -0.2) is 105 Å². The highest BCUT2D eigenvalue weighted by Gasteiger charge is 2.50. The van der Waals surface area contributed by atoms with Gasteiger partial charge in [0, 0.05) is 81.6 Å². The van der Waals surface area contributed by atoms with Crippen LogP contribution in [0.15, 0.2) is 28.7 Å². The van der Waals surface area contributed by atoms with Crippen LogP contribution in [-0.2, 0) is 64.0 Å². The summed E-state index contributed by atoms with van der Waals surface area (Å²) in [6.07, 6.45) is 1.09. The molecule has 4 atom stereocenters. The molecule has 1 saturated heterocycles. The van der Waals surface area contributed by atoms with Gasteiger partial charge in [-0.1, -0.05) is 13.8 Å². The zero-order chi connectivity index (χ0) is 45.8. The monoisotopic (exact) mass is 864 g/mol. The molecule has 2 aromatic rings. The minimum absolute atomic E-state index is 0.117. The Morgan fingerprint density at radius 2 is 1.06 bits per heavy atom. The number of aliphatic carboxylic acids is 8. The van der Waals surface area contributed by atoms with Crippen molar-refractivity contribution in [3.8, 4) is 0 Å². The first-order valence-corrected chi connectivity index (χ1v) is 19.6. The average Bonchev–Trinajstić information content (AvgIpc) is 3.77. The Hall–Kier alpha value is -7.12. The van der Waals surface area contributed by atoms with E-state index in [-0.39, 0.29) is 87.1 Å². The summed E-state index contributed by atoms with van der Waals surface area (Å²) in [5.41, 5.74) is -0.791. The molecular formula is C42H48N4O16. The third-order valence-electron chi connectivity index (χ3n) is 11.9. The number of allylic oxidation sites excluding steroid dienone is 3. The summed E-state index contributed by atoms with van der Waals surface area (Å²) in [4.78, 5) is 104. The summed E-state index contributed by atoms with van der Waals surface area (Å²) < 4.78 is 0. The van der Waals surface area contributed by atoms with Crippen molar-refractivity contribution >= 4 is 66.0 Å².